The second-order valence-electron chi connectivity index (χ2n) is 5.24. The van der Waals surface area contributed by atoms with Gasteiger partial charge in [-0.3, -0.25) is 4.79 Å². The summed E-state index contributed by atoms with van der Waals surface area (Å²) in [4.78, 5) is 23.7. The van der Waals surface area contributed by atoms with E-state index in [-0.39, 0.29) is 18.1 Å². The summed E-state index contributed by atoms with van der Waals surface area (Å²) in [5, 5.41) is 10.7. The van der Waals surface area contributed by atoms with E-state index in [0.717, 1.165) is 0 Å². The lowest BCUT2D eigenvalue weighted by Crippen LogP contribution is -2.30. The third-order valence-electron chi connectivity index (χ3n) is 3.50. The van der Waals surface area contributed by atoms with Crippen LogP contribution in [-0.2, 0) is 6.54 Å². The van der Waals surface area contributed by atoms with Crippen LogP contribution in [0.3, 0.4) is 0 Å². The second kappa shape index (κ2) is 7.82. The molecule has 0 radical (unpaired) electrons. The number of nitrogens with zero attached hydrogens (tertiary/aromatic N) is 9. The van der Waals surface area contributed by atoms with E-state index < -0.39 is 6.04 Å². The van der Waals surface area contributed by atoms with Crippen molar-refractivity contribution >= 4 is 11.6 Å². The number of carbonyl (C=O) groups excluding carboxylic acids is 1. The zero-order valence-corrected chi connectivity index (χ0v) is 13.9. The maximum absolute atomic E-state index is 12.7. The van der Waals surface area contributed by atoms with Crippen LogP contribution in [0.4, 0.5) is 5.69 Å². The van der Waals surface area contributed by atoms with Crippen molar-refractivity contribution in [2.45, 2.75) is 26.4 Å². The number of aromatic nitrogens is 2. The Morgan fingerprint density at radius 2 is 2.12 bits per heavy atom. The SMILES string of the molecule is Cc1noc(C(C)N(C)C(=O)c2cc(CN=[N+]=[N-])cc(N=[N+]=[N-])c2)n1. The predicted molar refractivity (Wildman–Crippen MR) is 87.6 cm³/mol. The minimum absolute atomic E-state index is 0.0354. The fourth-order valence-corrected chi connectivity index (χ4v) is 2.14. The third-order valence-corrected chi connectivity index (χ3v) is 3.50. The normalized spacial score (nSPS) is 11.2. The highest BCUT2D eigenvalue weighted by atomic mass is 16.5. The van der Waals surface area contributed by atoms with E-state index in [1.165, 1.54) is 11.0 Å². The molecule has 11 heteroatoms. The monoisotopic (exact) mass is 341 g/mol. The second-order valence-corrected chi connectivity index (χ2v) is 5.24. The zero-order chi connectivity index (χ0) is 18.4. The molecule has 1 heterocycles. The fraction of sp³-hybridized carbons (Fsp3) is 0.357. The Kier molecular flexibility index (Phi) is 5.57. The summed E-state index contributed by atoms with van der Waals surface area (Å²) < 4.78 is 5.10. The molecule has 0 bridgehead atoms. The van der Waals surface area contributed by atoms with Crippen molar-refractivity contribution in [2.24, 2.45) is 10.2 Å². The van der Waals surface area contributed by atoms with Crippen LogP contribution in [0.1, 0.15) is 40.6 Å². The lowest BCUT2D eigenvalue weighted by Gasteiger charge is -2.22. The van der Waals surface area contributed by atoms with Crippen molar-refractivity contribution in [3.05, 3.63) is 61.9 Å². The van der Waals surface area contributed by atoms with Gasteiger partial charge in [0.25, 0.3) is 5.91 Å². The lowest BCUT2D eigenvalue weighted by atomic mass is 10.1. The zero-order valence-electron chi connectivity index (χ0n) is 13.9. The van der Waals surface area contributed by atoms with Gasteiger partial charge in [-0.15, -0.1) is 0 Å². The molecule has 0 fully saturated rings. The van der Waals surface area contributed by atoms with Crippen molar-refractivity contribution in [1.29, 1.82) is 0 Å². The first-order chi connectivity index (χ1) is 12.0. The summed E-state index contributed by atoms with van der Waals surface area (Å²) in [7, 11) is 1.60. The van der Waals surface area contributed by atoms with Crippen molar-refractivity contribution in [1.82, 2.24) is 15.0 Å². The van der Waals surface area contributed by atoms with E-state index in [9.17, 15) is 4.79 Å². The molecule has 0 spiro atoms. The molecule has 25 heavy (non-hydrogen) atoms. The Morgan fingerprint density at radius 3 is 2.72 bits per heavy atom. The molecular formula is C14H15N9O2. The Labute approximate surface area is 142 Å². The van der Waals surface area contributed by atoms with Crippen LogP contribution in [0.15, 0.2) is 33.0 Å². The number of hydrogen-bond acceptors (Lipinski definition) is 6. The Hall–Kier alpha value is -3.55. The maximum Gasteiger partial charge on any atom is 0.254 e. The third kappa shape index (κ3) is 4.25. The van der Waals surface area contributed by atoms with Gasteiger partial charge in [0, 0.05) is 28.1 Å². The summed E-state index contributed by atoms with van der Waals surface area (Å²) >= 11 is 0. The standard InChI is InChI=1S/C14H15N9O2/c1-8(13-18-9(2)20-25-13)23(3)14(24)11-4-10(7-17-21-15)5-12(6-11)19-22-16/h4-6,8H,7H2,1-3H3. The Morgan fingerprint density at radius 1 is 1.36 bits per heavy atom. The molecule has 1 aromatic carbocycles. The van der Waals surface area contributed by atoms with Crippen molar-refractivity contribution in [2.75, 3.05) is 7.05 Å². The predicted octanol–water partition coefficient (Wildman–Crippen LogP) is 3.96. The molecule has 2 aromatic rings. The number of carbonyl (C=O) groups is 1. The van der Waals surface area contributed by atoms with Gasteiger partial charge in [-0.05, 0) is 48.7 Å². The van der Waals surface area contributed by atoms with Crippen LogP contribution >= 0.6 is 0 Å². The number of azide groups is 2. The Balaban J connectivity index is 2.34. The van der Waals surface area contributed by atoms with Crippen LogP contribution in [0.5, 0.6) is 0 Å². The molecule has 0 aliphatic heterocycles. The smallest absolute Gasteiger partial charge is 0.254 e. The first-order valence-corrected chi connectivity index (χ1v) is 7.23. The molecule has 11 nitrogen and oxygen atoms in total. The first-order valence-electron chi connectivity index (χ1n) is 7.23. The van der Waals surface area contributed by atoms with Gasteiger partial charge in [0.1, 0.15) is 6.04 Å². The highest BCUT2D eigenvalue weighted by molar-refractivity contribution is 5.95. The van der Waals surface area contributed by atoms with Gasteiger partial charge in [0.15, 0.2) is 5.82 Å². The van der Waals surface area contributed by atoms with Crippen molar-refractivity contribution < 1.29 is 9.32 Å². The van der Waals surface area contributed by atoms with Crippen LogP contribution in [0.25, 0.3) is 20.9 Å². The molecule has 1 unspecified atom stereocenters. The largest absolute Gasteiger partial charge is 0.337 e. The minimum Gasteiger partial charge on any atom is -0.337 e. The van der Waals surface area contributed by atoms with E-state index in [1.807, 2.05) is 0 Å². The highest BCUT2D eigenvalue weighted by Crippen LogP contribution is 2.23. The van der Waals surface area contributed by atoms with Crippen LogP contribution in [0, 0.1) is 6.92 Å². The van der Waals surface area contributed by atoms with E-state index in [4.69, 9.17) is 15.6 Å². The van der Waals surface area contributed by atoms with Crippen LogP contribution in [0.2, 0.25) is 0 Å². The molecule has 0 saturated carbocycles. The number of benzene rings is 1. The number of rotatable bonds is 6. The summed E-state index contributed by atoms with van der Waals surface area (Å²) in [5.41, 5.74) is 18.2. The van der Waals surface area contributed by atoms with Gasteiger partial charge in [-0.1, -0.05) is 15.4 Å². The number of aryl methyl sites for hydroxylation is 1. The average Bonchev–Trinajstić information content (AvgIpc) is 3.04. The highest BCUT2D eigenvalue weighted by Gasteiger charge is 2.23. The van der Waals surface area contributed by atoms with E-state index in [2.05, 4.69) is 30.2 Å². The summed E-state index contributed by atoms with van der Waals surface area (Å²) in [5.74, 6) is 0.457. The van der Waals surface area contributed by atoms with Gasteiger partial charge in [0.2, 0.25) is 5.89 Å². The number of hydrogen-bond donors (Lipinski definition) is 0. The minimum atomic E-state index is -0.447. The average molecular weight is 341 g/mol. The topological polar surface area (TPSA) is 157 Å². The molecule has 1 atom stereocenters. The van der Waals surface area contributed by atoms with Crippen molar-refractivity contribution in [3.63, 3.8) is 0 Å². The fourth-order valence-electron chi connectivity index (χ4n) is 2.14. The molecule has 128 valence electrons. The summed E-state index contributed by atoms with van der Waals surface area (Å²) in [6.07, 6.45) is 0. The van der Waals surface area contributed by atoms with Gasteiger partial charge in [0.05, 0.1) is 6.54 Å². The van der Waals surface area contributed by atoms with Gasteiger partial charge < -0.3 is 9.42 Å². The Bertz CT molecular complexity index is 878. The van der Waals surface area contributed by atoms with E-state index in [0.29, 0.717) is 22.8 Å². The van der Waals surface area contributed by atoms with Crippen molar-refractivity contribution in [3.8, 4) is 0 Å². The molecule has 0 aliphatic rings. The van der Waals surface area contributed by atoms with Crippen LogP contribution < -0.4 is 0 Å². The molecule has 1 aromatic heterocycles. The first kappa shape index (κ1) is 17.8. The van der Waals surface area contributed by atoms with Gasteiger partial charge in [-0.2, -0.15) is 4.98 Å². The van der Waals surface area contributed by atoms with E-state index >= 15 is 0 Å². The molecule has 0 aliphatic carbocycles. The summed E-state index contributed by atoms with van der Waals surface area (Å²) in [6, 6.07) is 4.15. The lowest BCUT2D eigenvalue weighted by molar-refractivity contribution is 0.0716. The van der Waals surface area contributed by atoms with Gasteiger partial charge >= 0.3 is 0 Å². The number of amides is 1. The maximum atomic E-state index is 12.7. The molecule has 2 rings (SSSR count). The molecule has 0 saturated heterocycles. The molecule has 0 N–H and O–H groups in total. The quantitative estimate of drug-likeness (QED) is 0.442. The van der Waals surface area contributed by atoms with Crippen LogP contribution in [-0.4, -0.2) is 28.0 Å². The van der Waals surface area contributed by atoms with E-state index in [1.54, 1.807) is 33.0 Å². The summed E-state index contributed by atoms with van der Waals surface area (Å²) in [6.45, 7) is 3.48. The molecular weight excluding hydrogens is 326 g/mol. The van der Waals surface area contributed by atoms with Gasteiger partial charge in [-0.25, -0.2) is 0 Å². The molecule has 1 amide bonds.